The topological polar surface area (TPSA) is 83.6 Å². The Bertz CT molecular complexity index is 587. The molecule has 0 bridgehead atoms. The highest BCUT2D eigenvalue weighted by Crippen LogP contribution is 2.24. The molecule has 0 atom stereocenters. The molecular weight excluding hydrogens is 222 g/mol. The van der Waals surface area contributed by atoms with Crippen LogP contribution >= 0.6 is 0 Å². The van der Waals surface area contributed by atoms with Gasteiger partial charge in [-0.15, -0.1) is 0 Å². The van der Waals surface area contributed by atoms with E-state index in [0.717, 1.165) is 11.5 Å². The third-order valence-electron chi connectivity index (χ3n) is 2.92. The van der Waals surface area contributed by atoms with Crippen molar-refractivity contribution >= 4 is 17.6 Å². The highest BCUT2D eigenvalue weighted by molar-refractivity contribution is 5.74. The molecule has 2 aromatic rings. The normalized spacial score (nSPS) is 16.2. The maximum absolute atomic E-state index is 10.8. The summed E-state index contributed by atoms with van der Waals surface area (Å²) in [6.07, 6.45) is 1.44. The van der Waals surface area contributed by atoms with Crippen LogP contribution in [0.25, 0.3) is 5.78 Å². The first-order chi connectivity index (χ1) is 8.15. The Hall–Kier alpha value is -2.18. The summed E-state index contributed by atoms with van der Waals surface area (Å²) in [6, 6.07) is 1.89. The fourth-order valence-electron chi connectivity index (χ4n) is 1.96. The third-order valence-corrected chi connectivity index (χ3v) is 2.92. The molecule has 17 heavy (non-hydrogen) atoms. The Morgan fingerprint density at radius 1 is 1.53 bits per heavy atom. The third kappa shape index (κ3) is 1.50. The Morgan fingerprint density at radius 3 is 3.00 bits per heavy atom. The molecule has 0 radical (unpaired) electrons. The first-order valence-corrected chi connectivity index (χ1v) is 5.30. The molecule has 1 saturated heterocycles. The lowest BCUT2D eigenvalue weighted by molar-refractivity contribution is -0.142. The highest BCUT2D eigenvalue weighted by Gasteiger charge is 2.34. The van der Waals surface area contributed by atoms with Gasteiger partial charge in [0.15, 0.2) is 0 Å². The zero-order valence-corrected chi connectivity index (χ0v) is 9.24. The monoisotopic (exact) mass is 233 g/mol. The molecular formula is C10H11N5O2. The number of carboxylic acids is 1. The lowest BCUT2D eigenvalue weighted by Crippen LogP contribution is -2.51. The minimum atomic E-state index is -0.748. The van der Waals surface area contributed by atoms with E-state index in [1.165, 1.54) is 6.33 Å². The molecule has 88 valence electrons. The van der Waals surface area contributed by atoms with Gasteiger partial charge in [-0.3, -0.25) is 4.79 Å². The molecule has 1 aliphatic rings. The lowest BCUT2D eigenvalue weighted by Gasteiger charge is -2.38. The van der Waals surface area contributed by atoms with Gasteiger partial charge in [0.25, 0.3) is 5.78 Å². The van der Waals surface area contributed by atoms with E-state index in [2.05, 4.69) is 15.1 Å². The van der Waals surface area contributed by atoms with E-state index in [1.807, 2.05) is 17.9 Å². The molecule has 1 N–H and O–H groups in total. The predicted molar refractivity (Wildman–Crippen MR) is 58.9 cm³/mol. The molecule has 0 spiro atoms. The lowest BCUT2D eigenvalue weighted by atomic mass is 10.0. The summed E-state index contributed by atoms with van der Waals surface area (Å²) in [6.45, 7) is 2.90. The summed E-state index contributed by atoms with van der Waals surface area (Å²) in [4.78, 5) is 21.0. The van der Waals surface area contributed by atoms with Gasteiger partial charge < -0.3 is 10.0 Å². The van der Waals surface area contributed by atoms with Gasteiger partial charge in [-0.2, -0.15) is 14.6 Å². The molecule has 0 aromatic carbocycles. The van der Waals surface area contributed by atoms with Crippen LogP contribution in [-0.4, -0.2) is 43.7 Å². The van der Waals surface area contributed by atoms with Crippen LogP contribution in [0.1, 0.15) is 5.69 Å². The van der Waals surface area contributed by atoms with Crippen molar-refractivity contribution in [3.63, 3.8) is 0 Å². The summed E-state index contributed by atoms with van der Waals surface area (Å²) in [5, 5.41) is 12.9. The van der Waals surface area contributed by atoms with Crippen LogP contribution in [0.5, 0.6) is 0 Å². The van der Waals surface area contributed by atoms with Crippen LogP contribution in [0, 0.1) is 12.8 Å². The van der Waals surface area contributed by atoms with Crippen LogP contribution in [-0.2, 0) is 4.79 Å². The zero-order chi connectivity index (χ0) is 12.0. The largest absolute Gasteiger partial charge is 0.481 e. The molecule has 0 amide bonds. The van der Waals surface area contributed by atoms with Gasteiger partial charge in [0, 0.05) is 24.8 Å². The molecule has 0 aliphatic carbocycles. The fourth-order valence-corrected chi connectivity index (χ4v) is 1.96. The van der Waals surface area contributed by atoms with Gasteiger partial charge in [0.2, 0.25) is 0 Å². The number of aromatic nitrogens is 4. The SMILES string of the molecule is Cc1cc(N2CC(C(=O)O)C2)n2ncnc2n1. The second-order valence-electron chi connectivity index (χ2n) is 4.17. The van der Waals surface area contributed by atoms with Gasteiger partial charge in [0.1, 0.15) is 12.1 Å². The number of aryl methyl sites for hydroxylation is 1. The molecule has 3 heterocycles. The average molecular weight is 233 g/mol. The predicted octanol–water partition coefficient (Wildman–Crippen LogP) is -0.0465. The van der Waals surface area contributed by atoms with E-state index >= 15 is 0 Å². The minimum Gasteiger partial charge on any atom is -0.481 e. The van der Waals surface area contributed by atoms with E-state index in [1.54, 1.807) is 4.52 Å². The van der Waals surface area contributed by atoms with E-state index in [9.17, 15) is 4.79 Å². The number of hydrogen-bond acceptors (Lipinski definition) is 5. The summed E-state index contributed by atoms with van der Waals surface area (Å²) in [5.41, 5.74) is 0.847. The summed E-state index contributed by atoms with van der Waals surface area (Å²) in [7, 11) is 0. The molecule has 1 fully saturated rings. The summed E-state index contributed by atoms with van der Waals surface area (Å²) in [5.74, 6) is 0.352. The van der Waals surface area contributed by atoms with Crippen molar-refractivity contribution in [2.24, 2.45) is 5.92 Å². The van der Waals surface area contributed by atoms with Crippen LogP contribution < -0.4 is 4.90 Å². The van der Waals surface area contributed by atoms with E-state index in [0.29, 0.717) is 18.9 Å². The Balaban J connectivity index is 1.96. The standard InChI is InChI=1S/C10H11N5O2/c1-6-2-8(14-3-7(4-14)9(16)17)15-10(13-6)11-5-12-15/h2,5,7H,3-4H2,1H3,(H,16,17). The highest BCUT2D eigenvalue weighted by atomic mass is 16.4. The van der Waals surface area contributed by atoms with Crippen molar-refractivity contribution in [1.29, 1.82) is 0 Å². The summed E-state index contributed by atoms with van der Waals surface area (Å²) >= 11 is 0. The number of fused-ring (bicyclic) bond motifs is 1. The van der Waals surface area contributed by atoms with Gasteiger partial charge in [-0.05, 0) is 6.92 Å². The first-order valence-electron chi connectivity index (χ1n) is 5.30. The maximum Gasteiger partial charge on any atom is 0.310 e. The maximum atomic E-state index is 10.8. The van der Waals surface area contributed by atoms with Crippen molar-refractivity contribution in [3.8, 4) is 0 Å². The minimum absolute atomic E-state index is 0.290. The van der Waals surface area contributed by atoms with Crippen LogP contribution in [0.4, 0.5) is 5.82 Å². The average Bonchev–Trinajstić information content (AvgIpc) is 2.61. The number of nitrogens with zero attached hydrogens (tertiary/aromatic N) is 5. The molecule has 2 aromatic heterocycles. The van der Waals surface area contributed by atoms with E-state index in [4.69, 9.17) is 5.11 Å². The van der Waals surface area contributed by atoms with Gasteiger partial charge >= 0.3 is 5.97 Å². The van der Waals surface area contributed by atoms with Crippen molar-refractivity contribution in [3.05, 3.63) is 18.1 Å². The summed E-state index contributed by atoms with van der Waals surface area (Å²) < 4.78 is 1.63. The van der Waals surface area contributed by atoms with E-state index in [-0.39, 0.29) is 5.92 Å². The number of aliphatic carboxylic acids is 1. The number of anilines is 1. The number of carbonyl (C=O) groups is 1. The Morgan fingerprint density at radius 2 is 2.29 bits per heavy atom. The fraction of sp³-hybridized carbons (Fsp3) is 0.400. The van der Waals surface area contributed by atoms with Crippen molar-refractivity contribution in [2.45, 2.75) is 6.92 Å². The first kappa shape index (κ1) is 10.0. The van der Waals surface area contributed by atoms with Gasteiger partial charge in [-0.1, -0.05) is 0 Å². The van der Waals surface area contributed by atoms with Crippen molar-refractivity contribution in [1.82, 2.24) is 19.6 Å². The quantitative estimate of drug-likeness (QED) is 0.783. The second kappa shape index (κ2) is 3.41. The van der Waals surface area contributed by atoms with Crippen LogP contribution in [0.2, 0.25) is 0 Å². The number of carboxylic acid groups (broad SMARTS) is 1. The molecule has 0 saturated carbocycles. The van der Waals surface area contributed by atoms with Crippen molar-refractivity contribution < 1.29 is 9.90 Å². The molecule has 3 rings (SSSR count). The smallest absolute Gasteiger partial charge is 0.310 e. The Labute approximate surface area is 96.7 Å². The number of rotatable bonds is 2. The van der Waals surface area contributed by atoms with E-state index < -0.39 is 5.97 Å². The van der Waals surface area contributed by atoms with Crippen molar-refractivity contribution in [2.75, 3.05) is 18.0 Å². The Kier molecular flexibility index (Phi) is 2.01. The number of hydrogen-bond donors (Lipinski definition) is 1. The molecule has 7 heteroatoms. The molecule has 7 nitrogen and oxygen atoms in total. The zero-order valence-electron chi connectivity index (χ0n) is 9.24. The molecule has 0 unspecified atom stereocenters. The van der Waals surface area contributed by atoms with Crippen LogP contribution in [0.15, 0.2) is 12.4 Å². The van der Waals surface area contributed by atoms with Crippen LogP contribution in [0.3, 0.4) is 0 Å². The van der Waals surface area contributed by atoms with Gasteiger partial charge in [0.05, 0.1) is 5.92 Å². The van der Waals surface area contributed by atoms with Gasteiger partial charge in [-0.25, -0.2) is 4.98 Å². The second-order valence-corrected chi connectivity index (χ2v) is 4.17. The molecule has 1 aliphatic heterocycles.